The molecule has 2 aromatic rings. The highest BCUT2D eigenvalue weighted by atomic mass is 32.2. The molecule has 7 N–H and O–H groups in total. The molecule has 6 atom stereocenters. The van der Waals surface area contributed by atoms with Crippen LogP contribution in [0.1, 0.15) is 12.6 Å². The number of rotatable bonds is 7. The number of hydrogen-bond acceptors (Lipinski definition) is 9. The van der Waals surface area contributed by atoms with Crippen molar-refractivity contribution in [3.63, 3.8) is 0 Å². The lowest BCUT2D eigenvalue weighted by molar-refractivity contribution is -0.138. The van der Waals surface area contributed by atoms with Crippen LogP contribution < -0.4 is 11.5 Å². The summed E-state index contributed by atoms with van der Waals surface area (Å²) in [5.41, 5.74) is 12.1. The van der Waals surface area contributed by atoms with Crippen LogP contribution >= 0.6 is 0 Å². The molecular formula is C15H23N6O5S+. The lowest BCUT2D eigenvalue weighted by Gasteiger charge is -2.16. The number of aliphatic hydroxyl groups excluding tert-OH is 2. The number of carboxylic acids is 1. The monoisotopic (exact) mass is 399 g/mol. The summed E-state index contributed by atoms with van der Waals surface area (Å²) < 4.78 is 7.41. The van der Waals surface area contributed by atoms with Crippen LogP contribution in [0.5, 0.6) is 0 Å². The number of nitrogens with zero attached hydrogens (tertiary/aromatic N) is 4. The molecule has 0 aliphatic carbocycles. The number of aromatic nitrogens is 4. The third-order valence-corrected chi connectivity index (χ3v) is 6.37. The van der Waals surface area contributed by atoms with Crippen molar-refractivity contribution in [3.05, 3.63) is 12.7 Å². The molecule has 148 valence electrons. The van der Waals surface area contributed by atoms with Crippen molar-refractivity contribution in [3.8, 4) is 0 Å². The maximum atomic E-state index is 10.8. The van der Waals surface area contributed by atoms with Crippen molar-refractivity contribution in [2.24, 2.45) is 5.73 Å². The second kappa shape index (κ2) is 7.94. The predicted molar refractivity (Wildman–Crippen MR) is 98.9 cm³/mol. The Hall–Kier alpha value is -1.99. The molecule has 0 amide bonds. The minimum absolute atomic E-state index is 0.216. The number of ether oxygens (including phenoxy) is 1. The topological polar surface area (TPSA) is 183 Å². The standard InChI is InChI=1S/C15H22N6O5S/c1-27(3-2-7(16)15(24)25)4-8-10(22)11(23)14(26-8)21-6-20-9-12(17)18-5-19-13(9)21/h5-8,10-11,14,22-23H,2-4,16H2,1H3,(H2-,17,18,19,24,25)/p+1/t7-,8+,10?,11-,14+,27-/m0/s1. The molecule has 0 bridgehead atoms. The van der Waals surface area contributed by atoms with Crippen LogP contribution in [0.15, 0.2) is 12.7 Å². The molecule has 3 heterocycles. The molecule has 1 fully saturated rings. The Balaban J connectivity index is 1.68. The van der Waals surface area contributed by atoms with Gasteiger partial charge in [-0.15, -0.1) is 0 Å². The van der Waals surface area contributed by atoms with Crippen molar-refractivity contribution in [1.29, 1.82) is 0 Å². The Bertz CT molecular complexity index is 819. The number of hydrogen-bond donors (Lipinski definition) is 5. The number of nitrogen functional groups attached to an aromatic ring is 1. The largest absolute Gasteiger partial charge is 0.480 e. The summed E-state index contributed by atoms with van der Waals surface area (Å²) in [6.07, 6.45) is 1.31. The SMILES string of the molecule is C[S@@+](CC[C@H](N)C(=O)O)C[C@H]1O[C@@H](n2cnc3c(N)ncnc32)[C@@H](O)C1O. The Morgan fingerprint density at radius 3 is 2.81 bits per heavy atom. The first-order valence-corrected chi connectivity index (χ1v) is 10.3. The van der Waals surface area contributed by atoms with Gasteiger partial charge in [0.05, 0.1) is 12.6 Å². The lowest BCUT2D eigenvalue weighted by atomic mass is 10.1. The van der Waals surface area contributed by atoms with Crippen molar-refractivity contribution in [2.45, 2.75) is 37.0 Å². The van der Waals surface area contributed by atoms with Gasteiger partial charge in [-0.2, -0.15) is 0 Å². The summed E-state index contributed by atoms with van der Waals surface area (Å²) in [4.78, 5) is 23.0. The molecule has 0 saturated carbocycles. The number of fused-ring (bicyclic) bond motifs is 1. The smallest absolute Gasteiger partial charge is 0.320 e. The first kappa shape index (κ1) is 19.8. The molecule has 12 heteroatoms. The number of imidazole rings is 1. The molecule has 2 aromatic heterocycles. The summed E-state index contributed by atoms with van der Waals surface area (Å²) >= 11 is 0. The van der Waals surface area contributed by atoms with E-state index in [0.29, 0.717) is 29.1 Å². The molecular weight excluding hydrogens is 376 g/mol. The highest BCUT2D eigenvalue weighted by Crippen LogP contribution is 2.32. The van der Waals surface area contributed by atoms with Crippen molar-refractivity contribution >= 4 is 33.8 Å². The summed E-state index contributed by atoms with van der Waals surface area (Å²) in [5.74, 6) is 0.254. The van der Waals surface area contributed by atoms with Crippen LogP contribution in [0.25, 0.3) is 11.2 Å². The van der Waals surface area contributed by atoms with E-state index in [2.05, 4.69) is 15.0 Å². The van der Waals surface area contributed by atoms with Crippen LogP contribution in [0.3, 0.4) is 0 Å². The van der Waals surface area contributed by atoms with E-state index in [0.717, 1.165) is 0 Å². The quantitative estimate of drug-likeness (QED) is 0.329. The number of carboxylic acid groups (broad SMARTS) is 1. The third kappa shape index (κ3) is 3.99. The van der Waals surface area contributed by atoms with E-state index in [4.69, 9.17) is 21.3 Å². The van der Waals surface area contributed by atoms with Crippen molar-refractivity contribution < 1.29 is 24.9 Å². The molecule has 0 radical (unpaired) electrons. The average molecular weight is 399 g/mol. The Labute approximate surface area is 157 Å². The summed E-state index contributed by atoms with van der Waals surface area (Å²) in [7, 11) is -0.235. The number of nitrogens with two attached hydrogens (primary N) is 2. The number of aliphatic hydroxyl groups is 2. The second-order valence-corrected chi connectivity index (χ2v) is 8.82. The fraction of sp³-hybridized carbons (Fsp3) is 0.600. The van der Waals surface area contributed by atoms with E-state index in [9.17, 15) is 15.0 Å². The first-order valence-electron chi connectivity index (χ1n) is 8.31. The van der Waals surface area contributed by atoms with E-state index >= 15 is 0 Å². The summed E-state index contributed by atoms with van der Waals surface area (Å²) in [5, 5.41) is 29.7. The van der Waals surface area contributed by atoms with Crippen LogP contribution in [0.4, 0.5) is 5.82 Å². The van der Waals surface area contributed by atoms with Gasteiger partial charge in [-0.25, -0.2) is 15.0 Å². The zero-order valence-corrected chi connectivity index (χ0v) is 15.5. The molecule has 1 aliphatic rings. The van der Waals surface area contributed by atoms with E-state index in [1.54, 1.807) is 0 Å². The fourth-order valence-corrected chi connectivity index (χ4v) is 4.63. The van der Waals surface area contributed by atoms with Gasteiger partial charge in [0.2, 0.25) is 0 Å². The van der Waals surface area contributed by atoms with Gasteiger partial charge in [-0.1, -0.05) is 0 Å². The van der Waals surface area contributed by atoms with E-state index in [-0.39, 0.29) is 16.7 Å². The number of aliphatic carboxylic acids is 1. The second-order valence-electron chi connectivity index (χ2n) is 6.51. The van der Waals surface area contributed by atoms with E-state index in [1.165, 1.54) is 17.2 Å². The first-order chi connectivity index (χ1) is 12.8. The zero-order chi connectivity index (χ0) is 19.7. The fourth-order valence-electron chi connectivity index (χ4n) is 2.97. The Morgan fingerprint density at radius 2 is 2.11 bits per heavy atom. The lowest BCUT2D eigenvalue weighted by Crippen LogP contribution is -2.37. The minimum Gasteiger partial charge on any atom is -0.480 e. The van der Waals surface area contributed by atoms with Gasteiger partial charge in [-0.3, -0.25) is 9.36 Å². The zero-order valence-electron chi connectivity index (χ0n) is 14.7. The van der Waals surface area contributed by atoms with Gasteiger partial charge in [0.25, 0.3) is 0 Å². The molecule has 27 heavy (non-hydrogen) atoms. The number of anilines is 1. The van der Waals surface area contributed by atoms with Gasteiger partial charge in [0.15, 0.2) is 17.7 Å². The van der Waals surface area contributed by atoms with Crippen LogP contribution in [-0.4, -0.2) is 82.9 Å². The highest BCUT2D eigenvalue weighted by molar-refractivity contribution is 7.96. The van der Waals surface area contributed by atoms with Gasteiger partial charge in [-0.05, 0) is 10.9 Å². The van der Waals surface area contributed by atoms with Gasteiger partial charge >= 0.3 is 5.97 Å². The normalized spacial score (nSPS) is 27.7. The third-order valence-electron chi connectivity index (χ3n) is 4.54. The molecule has 11 nitrogen and oxygen atoms in total. The van der Waals surface area contributed by atoms with E-state index < -0.39 is 36.6 Å². The van der Waals surface area contributed by atoms with E-state index in [1.807, 2.05) is 6.26 Å². The molecule has 1 aliphatic heterocycles. The van der Waals surface area contributed by atoms with Crippen LogP contribution in [0.2, 0.25) is 0 Å². The van der Waals surface area contributed by atoms with Crippen LogP contribution in [0, 0.1) is 0 Å². The molecule has 3 rings (SSSR count). The Kier molecular flexibility index (Phi) is 5.81. The average Bonchev–Trinajstić information content (AvgIpc) is 3.17. The number of carbonyl (C=O) groups is 1. The molecule has 1 saturated heterocycles. The maximum Gasteiger partial charge on any atom is 0.320 e. The van der Waals surface area contributed by atoms with Gasteiger partial charge < -0.3 is 31.5 Å². The maximum absolute atomic E-state index is 10.8. The Morgan fingerprint density at radius 1 is 1.37 bits per heavy atom. The van der Waals surface area contributed by atoms with Gasteiger partial charge in [0.1, 0.15) is 47.7 Å². The minimum atomic E-state index is -1.16. The summed E-state index contributed by atoms with van der Waals surface area (Å²) in [6, 6.07) is -0.907. The van der Waals surface area contributed by atoms with Crippen molar-refractivity contribution in [1.82, 2.24) is 19.5 Å². The highest BCUT2D eigenvalue weighted by Gasteiger charge is 2.46. The molecule has 0 aromatic carbocycles. The molecule has 0 spiro atoms. The van der Waals surface area contributed by atoms with Crippen molar-refractivity contribution in [2.75, 3.05) is 23.5 Å². The predicted octanol–water partition coefficient (Wildman–Crippen LogP) is -1.92. The van der Waals surface area contributed by atoms with Gasteiger partial charge in [0, 0.05) is 6.42 Å². The summed E-state index contributed by atoms with van der Waals surface area (Å²) in [6.45, 7) is 0. The molecule has 1 unspecified atom stereocenters. The van der Waals surface area contributed by atoms with Crippen LogP contribution in [-0.2, 0) is 20.4 Å².